The van der Waals surface area contributed by atoms with Crippen molar-refractivity contribution in [2.24, 2.45) is 0 Å². The van der Waals surface area contributed by atoms with E-state index in [0.717, 1.165) is 37.2 Å². The van der Waals surface area contributed by atoms with Crippen molar-refractivity contribution in [2.45, 2.75) is 64.7 Å². The molecule has 1 saturated heterocycles. The van der Waals surface area contributed by atoms with Gasteiger partial charge in [-0.2, -0.15) is 0 Å². The molecule has 1 N–H and O–H groups in total. The Bertz CT molecular complexity index is 832. The van der Waals surface area contributed by atoms with Crippen LogP contribution in [0.3, 0.4) is 0 Å². The van der Waals surface area contributed by atoms with Gasteiger partial charge < -0.3 is 19.7 Å². The van der Waals surface area contributed by atoms with Crippen LogP contribution >= 0.6 is 0 Å². The molecule has 168 valence electrons. The van der Waals surface area contributed by atoms with Crippen LogP contribution in [-0.2, 0) is 16.8 Å². The van der Waals surface area contributed by atoms with Gasteiger partial charge in [-0.25, -0.2) is 0 Å². The van der Waals surface area contributed by atoms with Crippen molar-refractivity contribution in [1.29, 1.82) is 0 Å². The van der Waals surface area contributed by atoms with E-state index in [0.29, 0.717) is 12.3 Å². The SMILES string of the molecule is CC(Oc1ccc(C(C)(C)C)cc1)C(=O)NCc1ccc(OC2CCN(C)CC2)cc1. The molecule has 1 heterocycles. The number of amides is 1. The largest absolute Gasteiger partial charge is 0.490 e. The summed E-state index contributed by atoms with van der Waals surface area (Å²) < 4.78 is 11.9. The molecule has 3 rings (SSSR count). The summed E-state index contributed by atoms with van der Waals surface area (Å²) in [6.07, 6.45) is 1.85. The van der Waals surface area contributed by atoms with Gasteiger partial charge in [0.25, 0.3) is 5.91 Å². The highest BCUT2D eigenvalue weighted by molar-refractivity contribution is 5.80. The minimum atomic E-state index is -0.562. The van der Waals surface area contributed by atoms with Crippen molar-refractivity contribution >= 4 is 5.91 Å². The lowest BCUT2D eigenvalue weighted by molar-refractivity contribution is -0.127. The third-order valence-electron chi connectivity index (χ3n) is 5.76. The minimum Gasteiger partial charge on any atom is -0.490 e. The Kier molecular flexibility index (Phi) is 7.60. The number of benzene rings is 2. The Hall–Kier alpha value is -2.53. The van der Waals surface area contributed by atoms with E-state index in [1.54, 1.807) is 6.92 Å². The standard InChI is InChI=1S/C26H36N2O3/c1-19(30-22-12-8-21(9-13-22)26(2,3)4)25(29)27-18-20-6-10-23(11-7-20)31-24-14-16-28(5)17-15-24/h6-13,19,24H,14-18H2,1-5H3,(H,27,29). The summed E-state index contributed by atoms with van der Waals surface area (Å²) in [5.41, 5.74) is 2.36. The number of likely N-dealkylation sites (tertiary alicyclic amines) is 1. The number of nitrogens with one attached hydrogen (secondary N) is 1. The van der Waals surface area contributed by atoms with Crippen LogP contribution in [0.4, 0.5) is 0 Å². The van der Waals surface area contributed by atoms with E-state index in [1.807, 2.05) is 36.4 Å². The summed E-state index contributed by atoms with van der Waals surface area (Å²) in [6.45, 7) is 10.9. The summed E-state index contributed by atoms with van der Waals surface area (Å²) >= 11 is 0. The topological polar surface area (TPSA) is 50.8 Å². The molecule has 1 fully saturated rings. The van der Waals surface area contributed by atoms with Crippen molar-refractivity contribution in [2.75, 3.05) is 20.1 Å². The quantitative estimate of drug-likeness (QED) is 0.709. The highest BCUT2D eigenvalue weighted by Crippen LogP contribution is 2.24. The lowest BCUT2D eigenvalue weighted by atomic mass is 9.87. The predicted octanol–water partition coefficient (Wildman–Crippen LogP) is 4.54. The number of nitrogens with zero attached hydrogens (tertiary/aromatic N) is 1. The second-order valence-corrected chi connectivity index (χ2v) is 9.52. The maximum Gasteiger partial charge on any atom is 0.261 e. The first kappa shape index (κ1) is 23.1. The fourth-order valence-electron chi connectivity index (χ4n) is 3.61. The molecule has 1 aliphatic rings. The number of hydrogen-bond acceptors (Lipinski definition) is 4. The van der Waals surface area contributed by atoms with Gasteiger partial charge in [-0.1, -0.05) is 45.0 Å². The molecular weight excluding hydrogens is 388 g/mol. The first-order valence-electron chi connectivity index (χ1n) is 11.2. The Morgan fingerprint density at radius 2 is 1.61 bits per heavy atom. The normalized spacial score (nSPS) is 16.5. The molecule has 0 saturated carbocycles. The van der Waals surface area contributed by atoms with Crippen LogP contribution in [0.5, 0.6) is 11.5 Å². The molecule has 0 spiro atoms. The maximum atomic E-state index is 12.4. The van der Waals surface area contributed by atoms with Crippen LogP contribution in [0.1, 0.15) is 51.7 Å². The molecule has 1 amide bonds. The molecule has 0 bridgehead atoms. The predicted molar refractivity (Wildman–Crippen MR) is 125 cm³/mol. The summed E-state index contributed by atoms with van der Waals surface area (Å²) in [6, 6.07) is 15.9. The number of rotatable bonds is 7. The first-order valence-corrected chi connectivity index (χ1v) is 11.2. The second-order valence-electron chi connectivity index (χ2n) is 9.52. The Balaban J connectivity index is 1.44. The second kappa shape index (κ2) is 10.2. The van der Waals surface area contributed by atoms with E-state index in [2.05, 4.69) is 50.2 Å². The highest BCUT2D eigenvalue weighted by Gasteiger charge is 2.18. The lowest BCUT2D eigenvalue weighted by Gasteiger charge is -2.29. The zero-order valence-corrected chi connectivity index (χ0v) is 19.5. The molecule has 0 aromatic heterocycles. The molecular formula is C26H36N2O3. The van der Waals surface area contributed by atoms with Crippen molar-refractivity contribution < 1.29 is 14.3 Å². The molecule has 1 atom stereocenters. The molecule has 1 unspecified atom stereocenters. The molecule has 2 aromatic carbocycles. The van der Waals surface area contributed by atoms with Gasteiger partial charge in [0, 0.05) is 19.6 Å². The monoisotopic (exact) mass is 424 g/mol. The average Bonchev–Trinajstić information content (AvgIpc) is 2.74. The number of piperidine rings is 1. The Labute approximate surface area is 186 Å². The van der Waals surface area contributed by atoms with Crippen LogP contribution in [-0.4, -0.2) is 43.2 Å². The number of ether oxygens (including phenoxy) is 2. The fraction of sp³-hybridized carbons (Fsp3) is 0.500. The van der Waals surface area contributed by atoms with Gasteiger partial charge in [-0.15, -0.1) is 0 Å². The molecule has 0 aliphatic carbocycles. The van der Waals surface area contributed by atoms with Gasteiger partial charge in [-0.05, 0) is 67.6 Å². The van der Waals surface area contributed by atoms with Gasteiger partial charge in [-0.3, -0.25) is 4.79 Å². The fourth-order valence-corrected chi connectivity index (χ4v) is 3.61. The zero-order valence-electron chi connectivity index (χ0n) is 19.5. The van der Waals surface area contributed by atoms with Gasteiger partial charge in [0.15, 0.2) is 6.10 Å². The molecule has 5 nitrogen and oxygen atoms in total. The average molecular weight is 425 g/mol. The Morgan fingerprint density at radius 3 is 2.19 bits per heavy atom. The van der Waals surface area contributed by atoms with E-state index in [4.69, 9.17) is 9.47 Å². The minimum absolute atomic E-state index is 0.0925. The van der Waals surface area contributed by atoms with Crippen LogP contribution in [0.25, 0.3) is 0 Å². The van der Waals surface area contributed by atoms with Gasteiger partial charge in [0.2, 0.25) is 0 Å². The van der Waals surface area contributed by atoms with Crippen molar-refractivity contribution in [3.8, 4) is 11.5 Å². The van der Waals surface area contributed by atoms with E-state index >= 15 is 0 Å². The third-order valence-corrected chi connectivity index (χ3v) is 5.76. The summed E-state index contributed by atoms with van der Waals surface area (Å²) in [5.74, 6) is 1.46. The summed E-state index contributed by atoms with van der Waals surface area (Å²) in [5, 5.41) is 2.95. The van der Waals surface area contributed by atoms with E-state index < -0.39 is 6.10 Å². The van der Waals surface area contributed by atoms with E-state index in [9.17, 15) is 4.79 Å². The van der Waals surface area contributed by atoms with Gasteiger partial charge in [0.05, 0.1) is 0 Å². The molecule has 2 aromatic rings. The maximum absolute atomic E-state index is 12.4. The van der Waals surface area contributed by atoms with E-state index in [-0.39, 0.29) is 17.4 Å². The van der Waals surface area contributed by atoms with Crippen molar-refractivity contribution in [1.82, 2.24) is 10.2 Å². The van der Waals surface area contributed by atoms with Crippen molar-refractivity contribution in [3.05, 3.63) is 59.7 Å². The summed E-state index contributed by atoms with van der Waals surface area (Å²) in [4.78, 5) is 14.8. The van der Waals surface area contributed by atoms with Crippen molar-refractivity contribution in [3.63, 3.8) is 0 Å². The number of carbonyl (C=O) groups is 1. The van der Waals surface area contributed by atoms with Crippen LogP contribution in [0, 0.1) is 0 Å². The zero-order chi connectivity index (χ0) is 22.4. The van der Waals surface area contributed by atoms with E-state index in [1.165, 1.54) is 5.56 Å². The van der Waals surface area contributed by atoms with Crippen LogP contribution < -0.4 is 14.8 Å². The molecule has 5 heteroatoms. The Morgan fingerprint density at radius 1 is 1.03 bits per heavy atom. The molecule has 1 aliphatic heterocycles. The summed E-state index contributed by atoms with van der Waals surface area (Å²) in [7, 11) is 2.15. The molecule has 0 radical (unpaired) electrons. The van der Waals surface area contributed by atoms with Gasteiger partial charge in [0.1, 0.15) is 17.6 Å². The van der Waals surface area contributed by atoms with Crippen LogP contribution in [0.2, 0.25) is 0 Å². The number of carbonyl (C=O) groups excluding carboxylic acids is 1. The first-order chi connectivity index (χ1) is 14.7. The number of hydrogen-bond donors (Lipinski definition) is 1. The van der Waals surface area contributed by atoms with Gasteiger partial charge >= 0.3 is 0 Å². The highest BCUT2D eigenvalue weighted by atomic mass is 16.5. The molecule has 31 heavy (non-hydrogen) atoms. The lowest BCUT2D eigenvalue weighted by Crippen LogP contribution is -2.36. The van der Waals surface area contributed by atoms with Crippen LogP contribution in [0.15, 0.2) is 48.5 Å². The smallest absolute Gasteiger partial charge is 0.261 e. The third kappa shape index (κ3) is 7.00.